The molecule has 2 aliphatic rings. The molecule has 1 aromatic carbocycles. The first kappa shape index (κ1) is 16.1. The van der Waals surface area contributed by atoms with E-state index in [0.29, 0.717) is 31.6 Å². The molecule has 2 heterocycles. The van der Waals surface area contributed by atoms with E-state index in [0.717, 1.165) is 43.1 Å². The average Bonchev–Trinajstić information content (AvgIpc) is 2.60. The summed E-state index contributed by atoms with van der Waals surface area (Å²) < 4.78 is 11.4. The first-order valence-corrected chi connectivity index (χ1v) is 8.57. The predicted molar refractivity (Wildman–Crippen MR) is 88.7 cm³/mol. The molecule has 0 saturated carbocycles. The number of benzene rings is 1. The lowest BCUT2D eigenvalue weighted by atomic mass is 9.93. The third-order valence-corrected chi connectivity index (χ3v) is 4.76. The minimum atomic E-state index is 0.262. The molecule has 0 aromatic heterocycles. The van der Waals surface area contributed by atoms with E-state index in [1.807, 2.05) is 24.0 Å². The fourth-order valence-electron chi connectivity index (χ4n) is 3.41. The van der Waals surface area contributed by atoms with Gasteiger partial charge in [0.05, 0.1) is 0 Å². The maximum atomic E-state index is 11.8. The van der Waals surface area contributed by atoms with E-state index >= 15 is 0 Å². The highest BCUT2D eigenvalue weighted by molar-refractivity contribution is 5.75. The van der Waals surface area contributed by atoms with E-state index in [4.69, 9.17) is 9.47 Å². The van der Waals surface area contributed by atoms with Gasteiger partial charge in [0.25, 0.3) is 0 Å². The Kier molecular flexibility index (Phi) is 5.06. The van der Waals surface area contributed by atoms with Crippen LogP contribution in [0.2, 0.25) is 0 Å². The van der Waals surface area contributed by atoms with E-state index in [1.54, 1.807) is 0 Å². The van der Waals surface area contributed by atoms with Crippen LogP contribution in [0.4, 0.5) is 0 Å². The third kappa shape index (κ3) is 3.61. The summed E-state index contributed by atoms with van der Waals surface area (Å²) in [5.41, 5.74) is 1.14. The molecular formula is C18H26N2O3. The Morgan fingerprint density at radius 2 is 2.17 bits per heavy atom. The van der Waals surface area contributed by atoms with Gasteiger partial charge in [-0.1, -0.05) is 26.0 Å². The van der Waals surface area contributed by atoms with Crippen molar-refractivity contribution in [2.24, 2.45) is 5.92 Å². The lowest BCUT2D eigenvalue weighted by molar-refractivity contribution is -0.132. The summed E-state index contributed by atoms with van der Waals surface area (Å²) in [6.45, 7) is 7.83. The monoisotopic (exact) mass is 318 g/mol. The van der Waals surface area contributed by atoms with Crippen molar-refractivity contribution < 1.29 is 14.3 Å². The van der Waals surface area contributed by atoms with Crippen LogP contribution < -0.4 is 14.8 Å². The number of hydrogen-bond donors (Lipinski definition) is 1. The molecule has 1 amide bonds. The number of hydrogen-bond acceptors (Lipinski definition) is 4. The fraction of sp³-hybridized carbons (Fsp3) is 0.611. The van der Waals surface area contributed by atoms with Crippen molar-refractivity contribution in [3.8, 4) is 11.5 Å². The Labute approximate surface area is 137 Å². The van der Waals surface area contributed by atoms with E-state index in [2.05, 4.69) is 18.3 Å². The lowest BCUT2D eigenvalue weighted by Gasteiger charge is -2.37. The quantitative estimate of drug-likeness (QED) is 0.924. The molecule has 0 aliphatic carbocycles. The number of fused-ring (bicyclic) bond motifs is 1. The molecule has 1 N–H and O–H groups in total. The second-order valence-corrected chi connectivity index (χ2v) is 6.39. The van der Waals surface area contributed by atoms with Gasteiger partial charge in [-0.05, 0) is 18.4 Å². The van der Waals surface area contributed by atoms with Crippen LogP contribution in [-0.4, -0.2) is 43.2 Å². The summed E-state index contributed by atoms with van der Waals surface area (Å²) in [4.78, 5) is 13.8. The van der Waals surface area contributed by atoms with E-state index < -0.39 is 0 Å². The van der Waals surface area contributed by atoms with Gasteiger partial charge in [-0.2, -0.15) is 0 Å². The van der Waals surface area contributed by atoms with Gasteiger partial charge < -0.3 is 19.7 Å². The van der Waals surface area contributed by atoms with Gasteiger partial charge >= 0.3 is 0 Å². The summed E-state index contributed by atoms with van der Waals surface area (Å²) in [6, 6.07) is 6.48. The normalized spacial score (nSPS) is 23.7. The number of ether oxygens (including phenoxy) is 2. The standard InChI is InChI=1S/C18H26N2O3/c1-3-17(21)20-8-7-15(13(2)12-20)19-11-14-5-4-6-16-18(14)23-10-9-22-16/h4-6,13,15,19H,3,7-12H2,1-2H3/t13-,15-/m0/s1. The van der Waals surface area contributed by atoms with Gasteiger partial charge in [-0.15, -0.1) is 0 Å². The molecule has 0 spiro atoms. The topological polar surface area (TPSA) is 50.8 Å². The number of piperidine rings is 1. The van der Waals surface area contributed by atoms with E-state index in [9.17, 15) is 4.79 Å². The predicted octanol–water partition coefficient (Wildman–Crippen LogP) is 2.19. The highest BCUT2D eigenvalue weighted by Gasteiger charge is 2.28. The first-order chi connectivity index (χ1) is 11.2. The smallest absolute Gasteiger partial charge is 0.222 e. The summed E-state index contributed by atoms with van der Waals surface area (Å²) in [7, 11) is 0. The molecule has 2 atom stereocenters. The molecule has 23 heavy (non-hydrogen) atoms. The van der Waals surface area contributed by atoms with Crippen LogP contribution in [0.5, 0.6) is 11.5 Å². The number of nitrogens with zero attached hydrogens (tertiary/aromatic N) is 1. The summed E-state index contributed by atoms with van der Waals surface area (Å²) >= 11 is 0. The zero-order valence-corrected chi connectivity index (χ0v) is 14.0. The van der Waals surface area contributed by atoms with E-state index in [1.165, 1.54) is 0 Å². The second kappa shape index (κ2) is 7.21. The van der Waals surface area contributed by atoms with Gasteiger partial charge in [0.15, 0.2) is 11.5 Å². The van der Waals surface area contributed by atoms with Crippen LogP contribution in [0.15, 0.2) is 18.2 Å². The van der Waals surface area contributed by atoms with Crippen LogP contribution in [0.3, 0.4) is 0 Å². The molecule has 1 fully saturated rings. The zero-order chi connectivity index (χ0) is 16.2. The summed E-state index contributed by atoms with van der Waals surface area (Å²) in [5, 5.41) is 3.64. The molecule has 0 radical (unpaired) electrons. The van der Waals surface area contributed by atoms with Crippen LogP contribution >= 0.6 is 0 Å². The number of nitrogens with one attached hydrogen (secondary N) is 1. The Morgan fingerprint density at radius 3 is 2.96 bits per heavy atom. The zero-order valence-electron chi connectivity index (χ0n) is 14.0. The molecule has 1 aromatic rings. The third-order valence-electron chi connectivity index (χ3n) is 4.76. The number of rotatable bonds is 4. The van der Waals surface area contributed by atoms with Crippen molar-refractivity contribution in [2.45, 2.75) is 39.3 Å². The molecule has 0 unspecified atom stereocenters. The van der Waals surface area contributed by atoms with Gasteiger partial charge in [-0.25, -0.2) is 0 Å². The average molecular weight is 318 g/mol. The lowest BCUT2D eigenvalue weighted by Crippen LogP contribution is -2.49. The van der Waals surface area contributed by atoms with Gasteiger partial charge in [-0.3, -0.25) is 4.79 Å². The van der Waals surface area contributed by atoms with Crippen molar-refractivity contribution in [1.82, 2.24) is 10.2 Å². The number of amides is 1. The van der Waals surface area contributed by atoms with Crippen LogP contribution in [0.1, 0.15) is 32.3 Å². The largest absolute Gasteiger partial charge is 0.486 e. The van der Waals surface area contributed by atoms with Gasteiger partial charge in [0.1, 0.15) is 13.2 Å². The maximum absolute atomic E-state index is 11.8. The minimum absolute atomic E-state index is 0.262. The Balaban J connectivity index is 1.58. The SMILES string of the molecule is CCC(=O)N1CC[C@H](NCc2cccc3c2OCCO3)[C@@H](C)C1. The Hall–Kier alpha value is -1.75. The van der Waals surface area contributed by atoms with Crippen LogP contribution in [0.25, 0.3) is 0 Å². The van der Waals surface area contributed by atoms with Crippen molar-refractivity contribution in [3.05, 3.63) is 23.8 Å². The number of para-hydroxylation sites is 1. The Bertz CT molecular complexity index is 561. The number of carbonyl (C=O) groups is 1. The number of carbonyl (C=O) groups excluding carboxylic acids is 1. The summed E-state index contributed by atoms with van der Waals surface area (Å²) in [5.74, 6) is 2.43. The Morgan fingerprint density at radius 1 is 1.35 bits per heavy atom. The molecule has 5 heteroatoms. The van der Waals surface area contributed by atoms with Gasteiger partial charge in [0.2, 0.25) is 5.91 Å². The van der Waals surface area contributed by atoms with Crippen LogP contribution in [0, 0.1) is 5.92 Å². The fourth-order valence-corrected chi connectivity index (χ4v) is 3.41. The van der Waals surface area contributed by atoms with Crippen molar-refractivity contribution >= 4 is 5.91 Å². The molecule has 126 valence electrons. The van der Waals surface area contributed by atoms with Crippen molar-refractivity contribution in [3.63, 3.8) is 0 Å². The molecule has 2 aliphatic heterocycles. The van der Waals surface area contributed by atoms with Gasteiger partial charge in [0, 0.05) is 37.7 Å². The summed E-state index contributed by atoms with van der Waals surface area (Å²) in [6.07, 6.45) is 1.59. The highest BCUT2D eigenvalue weighted by Crippen LogP contribution is 2.33. The molecular weight excluding hydrogens is 292 g/mol. The molecule has 0 bridgehead atoms. The second-order valence-electron chi connectivity index (χ2n) is 6.39. The van der Waals surface area contributed by atoms with Crippen molar-refractivity contribution in [2.75, 3.05) is 26.3 Å². The maximum Gasteiger partial charge on any atom is 0.222 e. The molecule has 5 nitrogen and oxygen atoms in total. The molecule has 3 rings (SSSR count). The molecule has 1 saturated heterocycles. The number of likely N-dealkylation sites (tertiary alicyclic amines) is 1. The van der Waals surface area contributed by atoms with Crippen molar-refractivity contribution in [1.29, 1.82) is 0 Å². The minimum Gasteiger partial charge on any atom is -0.486 e. The van der Waals surface area contributed by atoms with Crippen LogP contribution in [-0.2, 0) is 11.3 Å². The first-order valence-electron chi connectivity index (χ1n) is 8.57. The van der Waals surface area contributed by atoms with E-state index in [-0.39, 0.29) is 5.91 Å². The highest BCUT2D eigenvalue weighted by atomic mass is 16.6.